The minimum Gasteiger partial charge on any atom is -0.457 e. The van der Waals surface area contributed by atoms with Crippen LogP contribution in [0.25, 0.3) is 17.4 Å². The summed E-state index contributed by atoms with van der Waals surface area (Å²) in [7, 11) is 0. The predicted molar refractivity (Wildman–Crippen MR) is 83.9 cm³/mol. The molecule has 0 amide bonds. The number of rotatable bonds is 5. The monoisotopic (exact) mass is 313 g/mol. The van der Waals surface area contributed by atoms with Crippen LogP contribution in [-0.2, 0) is 9.53 Å². The first-order valence-corrected chi connectivity index (χ1v) is 6.77. The summed E-state index contributed by atoms with van der Waals surface area (Å²) in [4.78, 5) is 11.6. The van der Waals surface area contributed by atoms with Crippen molar-refractivity contribution in [2.24, 2.45) is 0 Å². The lowest BCUT2D eigenvalue weighted by atomic mass is 10.2. The van der Waals surface area contributed by atoms with Crippen molar-refractivity contribution in [1.82, 2.24) is 0 Å². The molecule has 0 spiro atoms. The van der Waals surface area contributed by atoms with Crippen molar-refractivity contribution in [3.8, 4) is 17.4 Å². The molecule has 0 fully saturated rings. The van der Waals surface area contributed by atoms with E-state index in [0.29, 0.717) is 16.5 Å². The summed E-state index contributed by atoms with van der Waals surface area (Å²) in [5.41, 5.74) is 0.661. The van der Waals surface area contributed by atoms with E-state index in [2.05, 4.69) is 6.58 Å². The fourth-order valence-electron chi connectivity index (χ4n) is 1.72. The summed E-state index contributed by atoms with van der Waals surface area (Å²) in [6, 6.07) is 12.4. The average Bonchev–Trinajstić information content (AvgIpc) is 2.99. The summed E-state index contributed by atoms with van der Waals surface area (Å²) >= 11 is 5.93. The maximum Gasteiger partial charge on any atom is 0.349 e. The zero-order valence-corrected chi connectivity index (χ0v) is 12.3. The highest BCUT2D eigenvalue weighted by Gasteiger charge is 2.12. The molecule has 0 aliphatic heterocycles. The molecule has 0 saturated carbocycles. The number of benzene rings is 1. The highest BCUT2D eigenvalue weighted by Crippen LogP contribution is 2.25. The molecule has 4 nitrogen and oxygen atoms in total. The molecule has 1 aromatic heterocycles. The Morgan fingerprint density at radius 1 is 1.41 bits per heavy atom. The van der Waals surface area contributed by atoms with Crippen molar-refractivity contribution in [3.05, 3.63) is 65.4 Å². The van der Waals surface area contributed by atoms with Gasteiger partial charge in [-0.05, 0) is 24.3 Å². The van der Waals surface area contributed by atoms with E-state index in [4.69, 9.17) is 26.0 Å². The van der Waals surface area contributed by atoms with Crippen LogP contribution < -0.4 is 0 Å². The first-order chi connectivity index (χ1) is 10.6. The Morgan fingerprint density at radius 3 is 2.91 bits per heavy atom. The zero-order valence-electron chi connectivity index (χ0n) is 11.6. The van der Waals surface area contributed by atoms with Gasteiger partial charge >= 0.3 is 5.97 Å². The van der Waals surface area contributed by atoms with Gasteiger partial charge in [0.1, 0.15) is 29.8 Å². The Kier molecular flexibility index (Phi) is 5.18. The largest absolute Gasteiger partial charge is 0.457 e. The van der Waals surface area contributed by atoms with E-state index >= 15 is 0 Å². The number of carbonyl (C=O) groups excluding carboxylic acids is 1. The first kappa shape index (κ1) is 15.6. The topological polar surface area (TPSA) is 63.2 Å². The Hall–Kier alpha value is -2.77. The maximum atomic E-state index is 11.6. The fourth-order valence-corrected chi connectivity index (χ4v) is 1.91. The second kappa shape index (κ2) is 7.30. The summed E-state index contributed by atoms with van der Waals surface area (Å²) in [5.74, 6) is 0.246. The molecule has 2 aromatic rings. The fraction of sp³-hybridized carbons (Fsp3) is 0.0588. The second-order valence-electron chi connectivity index (χ2n) is 4.27. The van der Waals surface area contributed by atoms with Crippen molar-refractivity contribution in [3.63, 3.8) is 0 Å². The number of halogens is 1. The van der Waals surface area contributed by atoms with Crippen LogP contribution in [0.2, 0.25) is 5.02 Å². The Labute approximate surface area is 132 Å². The number of nitriles is 1. The highest BCUT2D eigenvalue weighted by molar-refractivity contribution is 6.30. The number of ether oxygens (including phenoxy) is 1. The molecular formula is C17H12ClNO3. The van der Waals surface area contributed by atoms with Crippen molar-refractivity contribution >= 4 is 23.6 Å². The number of esters is 1. The van der Waals surface area contributed by atoms with Gasteiger partial charge in [-0.3, -0.25) is 0 Å². The molecule has 2 rings (SSSR count). The van der Waals surface area contributed by atoms with Crippen molar-refractivity contribution in [2.75, 3.05) is 6.61 Å². The molecule has 1 aromatic carbocycles. The lowest BCUT2D eigenvalue weighted by Crippen LogP contribution is -2.06. The molecule has 0 N–H and O–H groups in total. The molecule has 0 atom stereocenters. The summed E-state index contributed by atoms with van der Waals surface area (Å²) in [6.07, 6.45) is 2.76. The van der Waals surface area contributed by atoms with Crippen LogP contribution in [0.1, 0.15) is 5.76 Å². The van der Waals surface area contributed by atoms with Gasteiger partial charge in [-0.1, -0.05) is 36.4 Å². The van der Waals surface area contributed by atoms with Gasteiger partial charge in [0.15, 0.2) is 0 Å². The molecule has 110 valence electrons. The van der Waals surface area contributed by atoms with Crippen LogP contribution in [0.15, 0.2) is 59.0 Å². The van der Waals surface area contributed by atoms with Crippen molar-refractivity contribution in [1.29, 1.82) is 5.26 Å². The van der Waals surface area contributed by atoms with Crippen LogP contribution in [0, 0.1) is 11.3 Å². The second-order valence-corrected chi connectivity index (χ2v) is 4.71. The van der Waals surface area contributed by atoms with E-state index < -0.39 is 5.97 Å². The minimum atomic E-state index is -0.719. The molecule has 0 aliphatic rings. The summed E-state index contributed by atoms with van der Waals surface area (Å²) in [6.45, 7) is 3.48. The third kappa shape index (κ3) is 3.87. The molecular weight excluding hydrogens is 302 g/mol. The van der Waals surface area contributed by atoms with E-state index in [-0.39, 0.29) is 12.2 Å². The molecule has 0 aliphatic carbocycles. The minimum absolute atomic E-state index is 0.0454. The third-order valence-electron chi connectivity index (χ3n) is 2.70. The SMILES string of the molecule is C=CCOC(=O)/C(C#N)=C/c1ccc(-c2cccc(Cl)c2)o1. The third-order valence-corrected chi connectivity index (χ3v) is 2.93. The van der Waals surface area contributed by atoms with E-state index in [1.165, 1.54) is 12.2 Å². The van der Waals surface area contributed by atoms with Gasteiger partial charge in [0.25, 0.3) is 0 Å². The van der Waals surface area contributed by atoms with Gasteiger partial charge in [-0.25, -0.2) is 4.79 Å². The predicted octanol–water partition coefficient (Wildman–Crippen LogP) is 4.24. The summed E-state index contributed by atoms with van der Waals surface area (Å²) in [5, 5.41) is 9.61. The molecule has 0 saturated heterocycles. The van der Waals surface area contributed by atoms with Gasteiger partial charge in [-0.15, -0.1) is 0 Å². The number of hydrogen-bond donors (Lipinski definition) is 0. The van der Waals surface area contributed by atoms with Crippen LogP contribution in [0.5, 0.6) is 0 Å². The molecule has 0 radical (unpaired) electrons. The molecule has 1 heterocycles. The van der Waals surface area contributed by atoms with Crippen LogP contribution in [-0.4, -0.2) is 12.6 Å². The number of carbonyl (C=O) groups is 1. The number of furan rings is 1. The number of nitrogens with zero attached hydrogens (tertiary/aromatic N) is 1. The summed E-state index contributed by atoms with van der Waals surface area (Å²) < 4.78 is 10.4. The van der Waals surface area contributed by atoms with Gasteiger partial charge in [0.05, 0.1) is 0 Å². The van der Waals surface area contributed by atoms with Crippen LogP contribution in [0.3, 0.4) is 0 Å². The quantitative estimate of drug-likeness (QED) is 0.358. The van der Waals surface area contributed by atoms with Crippen LogP contribution in [0.4, 0.5) is 0 Å². The Morgan fingerprint density at radius 2 is 2.23 bits per heavy atom. The van der Waals surface area contributed by atoms with E-state index in [1.807, 2.05) is 12.1 Å². The first-order valence-electron chi connectivity index (χ1n) is 6.39. The normalized spacial score (nSPS) is 10.8. The Balaban J connectivity index is 2.23. The van der Waals surface area contributed by atoms with E-state index in [1.54, 1.807) is 30.3 Å². The lowest BCUT2D eigenvalue weighted by molar-refractivity contribution is -0.137. The van der Waals surface area contributed by atoms with Crippen LogP contribution >= 0.6 is 11.6 Å². The van der Waals surface area contributed by atoms with E-state index in [0.717, 1.165) is 5.56 Å². The molecule has 0 unspecified atom stereocenters. The smallest absolute Gasteiger partial charge is 0.349 e. The van der Waals surface area contributed by atoms with Gasteiger partial charge in [-0.2, -0.15) is 5.26 Å². The zero-order chi connectivity index (χ0) is 15.9. The van der Waals surface area contributed by atoms with Gasteiger partial charge in [0.2, 0.25) is 0 Å². The highest BCUT2D eigenvalue weighted by atomic mass is 35.5. The molecule has 0 bridgehead atoms. The Bertz CT molecular complexity index is 768. The molecule has 22 heavy (non-hydrogen) atoms. The average molecular weight is 314 g/mol. The van der Waals surface area contributed by atoms with Gasteiger partial charge in [0, 0.05) is 16.7 Å². The number of hydrogen-bond acceptors (Lipinski definition) is 4. The van der Waals surface area contributed by atoms with E-state index in [9.17, 15) is 4.79 Å². The van der Waals surface area contributed by atoms with Crippen molar-refractivity contribution in [2.45, 2.75) is 0 Å². The molecule has 5 heteroatoms. The lowest BCUT2D eigenvalue weighted by Gasteiger charge is -1.99. The standard InChI is InChI=1S/C17H12ClNO3/c1-2-8-21-17(20)13(11-19)10-15-6-7-16(22-15)12-4-3-5-14(18)9-12/h2-7,9-10H,1,8H2/b13-10+. The van der Waals surface area contributed by atoms with Gasteiger partial charge < -0.3 is 9.15 Å². The van der Waals surface area contributed by atoms with Crippen molar-refractivity contribution < 1.29 is 13.9 Å². The maximum absolute atomic E-state index is 11.6.